The van der Waals surface area contributed by atoms with Gasteiger partial charge in [0.15, 0.2) is 5.96 Å². The van der Waals surface area contributed by atoms with Crippen LogP contribution in [-0.2, 0) is 11.3 Å². The summed E-state index contributed by atoms with van der Waals surface area (Å²) in [6.07, 6.45) is 3.42. The lowest BCUT2D eigenvalue weighted by Gasteiger charge is -2.34. The van der Waals surface area contributed by atoms with Crippen LogP contribution in [0.3, 0.4) is 0 Å². The van der Waals surface area contributed by atoms with Crippen molar-refractivity contribution in [1.82, 2.24) is 15.5 Å². The van der Waals surface area contributed by atoms with Crippen LogP contribution in [0.1, 0.15) is 24.8 Å². The number of ether oxygens (including phenoxy) is 2. The molecular weight excluding hydrogens is 344 g/mol. The standard InChI is InChI=1S/C20H32N4O3/c1-21-20(22-12-16-11-18(26-2)3-4-19(16)25)23-17-5-8-24(9-6-17)13-15-7-10-27-14-15/h3-4,11,15,17,25H,5-10,12-14H2,1-2H3,(H2,21,22,23). The molecule has 7 heteroatoms. The highest BCUT2D eigenvalue weighted by Gasteiger charge is 2.24. The molecule has 2 saturated heterocycles. The zero-order valence-electron chi connectivity index (χ0n) is 16.4. The lowest BCUT2D eigenvalue weighted by molar-refractivity contribution is 0.150. The van der Waals surface area contributed by atoms with E-state index in [1.807, 2.05) is 6.07 Å². The number of hydrogen-bond acceptors (Lipinski definition) is 5. The van der Waals surface area contributed by atoms with Gasteiger partial charge in [-0.3, -0.25) is 4.99 Å². The van der Waals surface area contributed by atoms with Crippen molar-refractivity contribution in [2.75, 3.05) is 47.0 Å². The topological polar surface area (TPSA) is 78.4 Å². The molecule has 0 bridgehead atoms. The van der Waals surface area contributed by atoms with E-state index in [1.165, 1.54) is 6.42 Å². The van der Waals surface area contributed by atoms with Crippen LogP contribution in [0, 0.1) is 5.92 Å². The number of benzene rings is 1. The average molecular weight is 377 g/mol. The molecule has 1 aromatic rings. The second kappa shape index (κ2) is 9.80. The maximum atomic E-state index is 10.0. The molecule has 0 spiro atoms. The number of rotatable bonds is 6. The van der Waals surface area contributed by atoms with E-state index in [9.17, 15) is 5.11 Å². The summed E-state index contributed by atoms with van der Waals surface area (Å²) in [4.78, 5) is 6.88. The largest absolute Gasteiger partial charge is 0.508 e. The third kappa shape index (κ3) is 5.74. The van der Waals surface area contributed by atoms with Crippen LogP contribution in [0.4, 0.5) is 0 Å². The van der Waals surface area contributed by atoms with E-state index in [-0.39, 0.29) is 5.75 Å². The summed E-state index contributed by atoms with van der Waals surface area (Å²) in [7, 11) is 3.40. The van der Waals surface area contributed by atoms with Crippen LogP contribution in [0.2, 0.25) is 0 Å². The smallest absolute Gasteiger partial charge is 0.191 e. The summed E-state index contributed by atoms with van der Waals surface area (Å²) in [6, 6.07) is 5.65. The minimum atomic E-state index is 0.253. The molecule has 1 aromatic carbocycles. The van der Waals surface area contributed by atoms with Gasteiger partial charge in [0.05, 0.1) is 13.7 Å². The summed E-state index contributed by atoms with van der Waals surface area (Å²) in [6.45, 7) is 5.72. The zero-order chi connectivity index (χ0) is 19.1. The van der Waals surface area contributed by atoms with Gasteiger partial charge < -0.3 is 30.1 Å². The number of aliphatic imine (C=N–C) groups is 1. The molecule has 1 atom stereocenters. The summed E-state index contributed by atoms with van der Waals surface area (Å²) < 4.78 is 10.7. The summed E-state index contributed by atoms with van der Waals surface area (Å²) in [5.74, 6) is 2.45. The predicted octanol–water partition coefficient (Wildman–Crippen LogP) is 1.57. The normalized spacial score (nSPS) is 22.0. The van der Waals surface area contributed by atoms with Crippen molar-refractivity contribution >= 4 is 5.96 Å². The molecule has 0 amide bonds. The van der Waals surface area contributed by atoms with Crippen LogP contribution in [0.15, 0.2) is 23.2 Å². The Morgan fingerprint density at radius 1 is 1.33 bits per heavy atom. The first-order valence-corrected chi connectivity index (χ1v) is 9.81. The van der Waals surface area contributed by atoms with Crippen molar-refractivity contribution in [3.63, 3.8) is 0 Å². The number of phenolic OH excluding ortho intramolecular Hbond substituents is 1. The van der Waals surface area contributed by atoms with Crippen LogP contribution in [-0.4, -0.2) is 69.0 Å². The van der Waals surface area contributed by atoms with Gasteiger partial charge in [-0.15, -0.1) is 0 Å². The first-order valence-electron chi connectivity index (χ1n) is 9.81. The first-order chi connectivity index (χ1) is 13.2. The molecule has 2 heterocycles. The summed E-state index contributed by atoms with van der Waals surface area (Å²) in [5.41, 5.74) is 0.783. The molecule has 2 aliphatic rings. The number of aromatic hydroxyl groups is 1. The first kappa shape index (κ1) is 19.8. The van der Waals surface area contributed by atoms with Crippen LogP contribution < -0.4 is 15.4 Å². The van der Waals surface area contributed by atoms with Crippen LogP contribution >= 0.6 is 0 Å². The Bertz CT molecular complexity index is 624. The van der Waals surface area contributed by atoms with Gasteiger partial charge in [0.2, 0.25) is 0 Å². The number of likely N-dealkylation sites (tertiary alicyclic amines) is 1. The van der Waals surface area contributed by atoms with Crippen molar-refractivity contribution < 1.29 is 14.6 Å². The molecule has 0 aliphatic carbocycles. The Morgan fingerprint density at radius 3 is 2.81 bits per heavy atom. The van der Waals surface area contributed by atoms with E-state index in [0.29, 0.717) is 18.5 Å². The highest BCUT2D eigenvalue weighted by molar-refractivity contribution is 5.80. The number of guanidine groups is 1. The van der Waals surface area contributed by atoms with E-state index in [1.54, 1.807) is 26.3 Å². The second-order valence-electron chi connectivity index (χ2n) is 7.37. The van der Waals surface area contributed by atoms with E-state index < -0.39 is 0 Å². The fourth-order valence-electron chi connectivity index (χ4n) is 3.75. The number of nitrogens with zero attached hydrogens (tertiary/aromatic N) is 2. The number of piperidine rings is 1. The zero-order valence-corrected chi connectivity index (χ0v) is 16.4. The molecule has 0 aromatic heterocycles. The fourth-order valence-corrected chi connectivity index (χ4v) is 3.75. The maximum absolute atomic E-state index is 10.0. The van der Waals surface area contributed by atoms with Crippen LogP contribution in [0.5, 0.6) is 11.5 Å². The van der Waals surface area contributed by atoms with Gasteiger partial charge in [-0.1, -0.05) is 0 Å². The van der Waals surface area contributed by atoms with Crippen molar-refractivity contribution in [2.45, 2.75) is 31.8 Å². The number of hydrogen-bond donors (Lipinski definition) is 3. The maximum Gasteiger partial charge on any atom is 0.191 e. The van der Waals surface area contributed by atoms with Crippen LogP contribution in [0.25, 0.3) is 0 Å². The van der Waals surface area contributed by atoms with Gasteiger partial charge in [0, 0.05) is 51.4 Å². The Labute approximate surface area is 161 Å². The number of methoxy groups -OCH3 is 1. The van der Waals surface area contributed by atoms with Gasteiger partial charge >= 0.3 is 0 Å². The van der Waals surface area contributed by atoms with E-state index in [0.717, 1.165) is 63.0 Å². The minimum absolute atomic E-state index is 0.253. The third-order valence-corrected chi connectivity index (χ3v) is 5.43. The van der Waals surface area contributed by atoms with Crippen molar-refractivity contribution in [1.29, 1.82) is 0 Å². The fraction of sp³-hybridized carbons (Fsp3) is 0.650. The second-order valence-corrected chi connectivity index (χ2v) is 7.37. The van der Waals surface area contributed by atoms with Gasteiger partial charge in [0.25, 0.3) is 0 Å². The Morgan fingerprint density at radius 2 is 2.15 bits per heavy atom. The molecule has 0 saturated carbocycles. The number of nitrogens with one attached hydrogen (secondary N) is 2. The molecular formula is C20H32N4O3. The van der Waals surface area contributed by atoms with E-state index in [4.69, 9.17) is 9.47 Å². The molecule has 3 N–H and O–H groups in total. The highest BCUT2D eigenvalue weighted by Crippen LogP contribution is 2.22. The molecule has 27 heavy (non-hydrogen) atoms. The minimum Gasteiger partial charge on any atom is -0.508 e. The third-order valence-electron chi connectivity index (χ3n) is 5.43. The summed E-state index contributed by atoms with van der Waals surface area (Å²) >= 11 is 0. The van der Waals surface area contributed by atoms with Gasteiger partial charge in [-0.05, 0) is 43.4 Å². The lowest BCUT2D eigenvalue weighted by Crippen LogP contribution is -2.49. The Kier molecular flexibility index (Phi) is 7.18. The molecule has 0 radical (unpaired) electrons. The Hall–Kier alpha value is -1.99. The Balaban J connectivity index is 1.43. The molecule has 7 nitrogen and oxygen atoms in total. The van der Waals surface area contributed by atoms with Gasteiger partial charge in [-0.25, -0.2) is 0 Å². The number of phenols is 1. The molecule has 2 fully saturated rings. The molecule has 1 unspecified atom stereocenters. The summed E-state index contributed by atoms with van der Waals surface area (Å²) in [5, 5.41) is 16.8. The molecule has 150 valence electrons. The van der Waals surface area contributed by atoms with E-state index in [2.05, 4.69) is 20.5 Å². The SMILES string of the molecule is CN=C(NCc1cc(OC)ccc1O)NC1CCN(CC2CCOC2)CC1. The quantitative estimate of drug-likeness (QED) is 0.517. The van der Waals surface area contributed by atoms with Gasteiger partial charge in [-0.2, -0.15) is 0 Å². The average Bonchev–Trinajstić information content (AvgIpc) is 3.20. The van der Waals surface area contributed by atoms with Gasteiger partial charge in [0.1, 0.15) is 11.5 Å². The molecule has 2 aliphatic heterocycles. The molecule has 3 rings (SSSR count). The predicted molar refractivity (Wildman–Crippen MR) is 106 cm³/mol. The van der Waals surface area contributed by atoms with E-state index >= 15 is 0 Å². The van der Waals surface area contributed by atoms with Crippen molar-refractivity contribution in [3.05, 3.63) is 23.8 Å². The highest BCUT2D eigenvalue weighted by atomic mass is 16.5. The monoisotopic (exact) mass is 376 g/mol. The van der Waals surface area contributed by atoms with Crippen molar-refractivity contribution in [3.8, 4) is 11.5 Å². The lowest BCUT2D eigenvalue weighted by atomic mass is 10.0. The van der Waals surface area contributed by atoms with Crippen molar-refractivity contribution in [2.24, 2.45) is 10.9 Å².